The number of nitrogens with zero attached hydrogens (tertiary/aromatic N) is 2. The second-order valence-electron chi connectivity index (χ2n) is 15.4. The van der Waals surface area contributed by atoms with E-state index in [4.69, 9.17) is 14.2 Å². The van der Waals surface area contributed by atoms with E-state index in [1.54, 1.807) is 16.9 Å². The second-order valence-corrected chi connectivity index (χ2v) is 20.1. The third-order valence-corrected chi connectivity index (χ3v) is 16.3. The van der Waals surface area contributed by atoms with E-state index >= 15 is 4.79 Å². The topological polar surface area (TPSA) is 121 Å². The molecule has 5 atom stereocenters. The van der Waals surface area contributed by atoms with Crippen molar-refractivity contribution in [2.45, 2.75) is 75.9 Å². The first kappa shape index (κ1) is 38.7. The molecule has 290 valence electrons. The van der Waals surface area contributed by atoms with Crippen LogP contribution in [0.1, 0.15) is 44.2 Å². The molecule has 1 spiro atoms. The van der Waals surface area contributed by atoms with Crippen LogP contribution in [-0.4, -0.2) is 75.7 Å². The van der Waals surface area contributed by atoms with Crippen LogP contribution >= 0.6 is 0 Å². The number of fused-ring (bicyclic) bond motifs is 3. The van der Waals surface area contributed by atoms with Crippen LogP contribution in [0.15, 0.2) is 91.0 Å². The fourth-order valence-electron chi connectivity index (χ4n) is 9.32. The van der Waals surface area contributed by atoms with Gasteiger partial charge in [0.1, 0.15) is 11.5 Å². The Morgan fingerprint density at radius 1 is 0.873 bits per heavy atom. The first-order valence-corrected chi connectivity index (χ1v) is 22.6. The molecule has 3 aliphatic heterocycles. The number of rotatable bonds is 14. The molecule has 10 nitrogen and oxygen atoms in total. The Labute approximate surface area is 325 Å². The molecule has 55 heavy (non-hydrogen) atoms. The average molecular weight is 764 g/mol. The van der Waals surface area contributed by atoms with Gasteiger partial charge in [-0.15, -0.1) is 0 Å². The zero-order valence-corrected chi connectivity index (χ0v) is 33.5. The smallest absolute Gasteiger partial charge is 0.268 e. The number of aliphatic hydroxyl groups is 2. The lowest BCUT2D eigenvalue weighted by molar-refractivity contribution is -0.145. The number of amides is 2. The van der Waals surface area contributed by atoms with Crippen LogP contribution < -0.4 is 29.8 Å². The number of carbonyl (C=O) groups excluding carboxylic acids is 2. The van der Waals surface area contributed by atoms with Crippen LogP contribution in [-0.2, 0) is 26.3 Å². The zero-order chi connectivity index (χ0) is 38.9. The number of anilines is 4. The fourth-order valence-corrected chi connectivity index (χ4v) is 13.4. The van der Waals surface area contributed by atoms with Crippen molar-refractivity contribution in [2.24, 2.45) is 5.92 Å². The Hall–Kier alpha value is -4.52. The third-order valence-electron chi connectivity index (χ3n) is 11.9. The largest absolute Gasteiger partial charge is 0.497 e. The van der Waals surface area contributed by atoms with E-state index in [1.807, 2.05) is 85.8 Å². The molecule has 3 heterocycles. The summed E-state index contributed by atoms with van der Waals surface area (Å²) < 4.78 is 18.5. The number of aliphatic hydroxyl groups excluding tert-OH is 2. The lowest BCUT2D eigenvalue weighted by atomic mass is 9.82. The Kier molecular flexibility index (Phi) is 11.2. The molecule has 4 aromatic carbocycles. The van der Waals surface area contributed by atoms with Gasteiger partial charge < -0.3 is 29.7 Å². The van der Waals surface area contributed by atoms with Gasteiger partial charge in [-0.1, -0.05) is 55.5 Å². The number of nitrogens with one attached hydrogen (secondary N) is 1. The lowest BCUT2D eigenvalue weighted by Crippen LogP contribution is -2.51. The van der Waals surface area contributed by atoms with Gasteiger partial charge >= 0.3 is 0 Å². The van der Waals surface area contributed by atoms with Crippen molar-refractivity contribution in [3.05, 3.63) is 102 Å². The standard InChI is InChI=1S/C44H53N3O7Si/c1-6-53-34-17-21-38-30(26-34)27-37(45-23-10-11-24-48)42(50)46(38)32-14-20-39-36(28-32)44(43(51)47(39)31-12-8-7-9-13-31)29(2)41(40(54-44)22-25-49)55(4,5)35-18-15-33(52-3)16-19-35/h7-9,12-21,26,28-29,37,40-41,45,48-49H,6,10-11,22-25,27H2,1-5H3/t29-,37?,40+,41-,44+/m1/s1. The van der Waals surface area contributed by atoms with Crippen molar-refractivity contribution in [3.63, 3.8) is 0 Å². The van der Waals surface area contributed by atoms with E-state index in [2.05, 4.69) is 37.5 Å². The van der Waals surface area contributed by atoms with Crippen LogP contribution in [0.4, 0.5) is 22.7 Å². The second kappa shape index (κ2) is 15.9. The van der Waals surface area contributed by atoms with Crippen LogP contribution in [0.2, 0.25) is 18.6 Å². The minimum Gasteiger partial charge on any atom is -0.497 e. The van der Waals surface area contributed by atoms with E-state index in [-0.39, 0.29) is 42.6 Å². The Bertz CT molecular complexity index is 2010. The van der Waals surface area contributed by atoms with E-state index in [0.29, 0.717) is 43.8 Å². The number of benzene rings is 4. The molecule has 3 aliphatic rings. The highest BCUT2D eigenvalue weighted by atomic mass is 28.3. The molecule has 0 aliphatic carbocycles. The Morgan fingerprint density at radius 2 is 1.60 bits per heavy atom. The SMILES string of the molecule is CCOc1ccc2c(c1)CC(NCCCCO)C(=O)N2c1ccc2c(c1)[C@]1(O[C@@H](CCO)[C@H]([Si](C)(C)c3ccc(OC)cc3)[C@H]1C)C(=O)N2c1ccccc1. The number of para-hydroxylation sites is 1. The van der Waals surface area contributed by atoms with Crippen LogP contribution in [0.3, 0.4) is 0 Å². The van der Waals surface area contributed by atoms with Crippen molar-refractivity contribution in [1.82, 2.24) is 5.32 Å². The molecule has 2 amide bonds. The first-order chi connectivity index (χ1) is 26.6. The molecule has 0 aromatic heterocycles. The van der Waals surface area contributed by atoms with Crippen molar-refractivity contribution in [2.75, 3.05) is 43.3 Å². The number of carbonyl (C=O) groups is 2. The van der Waals surface area contributed by atoms with E-state index < -0.39 is 19.7 Å². The molecular weight excluding hydrogens is 711 g/mol. The average Bonchev–Trinajstić information content (AvgIpc) is 3.63. The maximum Gasteiger partial charge on any atom is 0.268 e. The number of hydrogen-bond donors (Lipinski definition) is 3. The highest BCUT2D eigenvalue weighted by molar-refractivity contribution is 6.91. The predicted molar refractivity (Wildman–Crippen MR) is 218 cm³/mol. The number of ether oxygens (including phenoxy) is 3. The summed E-state index contributed by atoms with van der Waals surface area (Å²) in [5.41, 5.74) is 3.15. The van der Waals surface area contributed by atoms with Gasteiger partial charge in [-0.25, -0.2) is 0 Å². The molecule has 0 bridgehead atoms. The molecule has 3 N–H and O–H groups in total. The van der Waals surface area contributed by atoms with E-state index in [1.165, 1.54) is 5.19 Å². The Balaban J connectivity index is 1.37. The molecule has 11 heteroatoms. The summed E-state index contributed by atoms with van der Waals surface area (Å²) in [7, 11) is -0.740. The predicted octanol–water partition coefficient (Wildman–Crippen LogP) is 6.32. The summed E-state index contributed by atoms with van der Waals surface area (Å²) >= 11 is 0. The zero-order valence-electron chi connectivity index (χ0n) is 32.5. The van der Waals surface area contributed by atoms with Gasteiger partial charge in [-0.2, -0.15) is 0 Å². The van der Waals surface area contributed by atoms with Crippen molar-refractivity contribution in [1.29, 1.82) is 0 Å². The fraction of sp³-hybridized carbons (Fsp3) is 0.409. The highest BCUT2D eigenvalue weighted by Gasteiger charge is 2.66. The van der Waals surface area contributed by atoms with Crippen LogP contribution in [0.5, 0.6) is 11.5 Å². The molecule has 4 aromatic rings. The van der Waals surface area contributed by atoms with Gasteiger partial charge in [0, 0.05) is 36.1 Å². The van der Waals surface area contributed by atoms with Gasteiger partial charge in [0.15, 0.2) is 5.60 Å². The van der Waals surface area contributed by atoms with E-state index in [9.17, 15) is 15.0 Å². The van der Waals surface area contributed by atoms with Crippen LogP contribution in [0.25, 0.3) is 0 Å². The summed E-state index contributed by atoms with van der Waals surface area (Å²) in [5.74, 6) is 0.984. The third kappa shape index (κ3) is 6.76. The minimum atomic E-state index is -2.40. The van der Waals surface area contributed by atoms with Gasteiger partial charge in [0.05, 0.1) is 45.3 Å². The monoisotopic (exact) mass is 763 g/mol. The van der Waals surface area contributed by atoms with Gasteiger partial charge in [0.2, 0.25) is 5.91 Å². The Morgan fingerprint density at radius 3 is 2.29 bits per heavy atom. The van der Waals surface area contributed by atoms with Crippen molar-refractivity contribution >= 4 is 47.8 Å². The molecular formula is C44H53N3O7Si. The molecule has 0 saturated carbocycles. The van der Waals surface area contributed by atoms with Crippen molar-refractivity contribution in [3.8, 4) is 11.5 Å². The number of unbranched alkanes of at least 4 members (excludes halogenated alkanes) is 1. The lowest BCUT2D eigenvalue weighted by Gasteiger charge is -2.37. The summed E-state index contributed by atoms with van der Waals surface area (Å²) in [4.78, 5) is 33.4. The number of hydrogen-bond acceptors (Lipinski definition) is 8. The first-order valence-electron chi connectivity index (χ1n) is 19.5. The summed E-state index contributed by atoms with van der Waals surface area (Å²) in [5, 5.41) is 24.4. The summed E-state index contributed by atoms with van der Waals surface area (Å²) in [6, 6.07) is 29.1. The summed E-state index contributed by atoms with van der Waals surface area (Å²) in [6.07, 6.45) is 1.89. The highest BCUT2D eigenvalue weighted by Crippen LogP contribution is 2.61. The summed E-state index contributed by atoms with van der Waals surface area (Å²) in [6.45, 7) is 9.86. The molecule has 0 radical (unpaired) electrons. The quantitative estimate of drug-likeness (QED) is 0.101. The minimum absolute atomic E-state index is 0.0361. The van der Waals surface area contributed by atoms with Gasteiger partial charge in [0.25, 0.3) is 5.91 Å². The maximum atomic E-state index is 15.3. The van der Waals surface area contributed by atoms with Gasteiger partial charge in [-0.05, 0) is 111 Å². The van der Waals surface area contributed by atoms with Gasteiger partial charge in [-0.3, -0.25) is 19.4 Å². The molecule has 1 saturated heterocycles. The van der Waals surface area contributed by atoms with E-state index in [0.717, 1.165) is 40.4 Å². The molecule has 1 unspecified atom stereocenters. The molecule has 1 fully saturated rings. The van der Waals surface area contributed by atoms with Crippen molar-refractivity contribution < 1.29 is 34.0 Å². The van der Waals surface area contributed by atoms with Crippen LogP contribution in [0, 0.1) is 5.92 Å². The normalized spacial score (nSPS) is 23.3. The maximum absolute atomic E-state index is 15.3. The number of methoxy groups -OCH3 is 1. The molecule has 7 rings (SSSR count).